The fourth-order valence-corrected chi connectivity index (χ4v) is 2.32. The molecule has 4 N–H and O–H groups in total. The predicted octanol–water partition coefficient (Wildman–Crippen LogP) is 3.25. The normalized spacial score (nSPS) is 11.8. The number of carbonyl (C=O) groups is 2. The standard InChI is InChI=1S/C19H23N3O2/c1-13(2)11-17(20)19(24)22-16-10-6-9-15(12-16)21-18(23)14-7-4-3-5-8-14/h3-10,12-13,17H,11,20H2,1-2H3,(H,21,23)(H,22,24)/t17-/m0/s1. The maximum Gasteiger partial charge on any atom is 0.255 e. The highest BCUT2D eigenvalue weighted by atomic mass is 16.2. The van der Waals surface area contributed by atoms with Crippen molar-refractivity contribution in [2.75, 3.05) is 10.6 Å². The van der Waals surface area contributed by atoms with Crippen LogP contribution in [-0.4, -0.2) is 17.9 Å². The molecule has 0 aromatic heterocycles. The molecule has 1 atom stereocenters. The minimum absolute atomic E-state index is 0.199. The fraction of sp³-hybridized carbons (Fsp3) is 0.263. The van der Waals surface area contributed by atoms with E-state index < -0.39 is 6.04 Å². The lowest BCUT2D eigenvalue weighted by Crippen LogP contribution is -2.36. The van der Waals surface area contributed by atoms with Gasteiger partial charge in [0.15, 0.2) is 0 Å². The SMILES string of the molecule is CC(C)C[C@H](N)C(=O)Nc1cccc(NC(=O)c2ccccc2)c1. The summed E-state index contributed by atoms with van der Waals surface area (Å²) in [5.74, 6) is -0.0759. The molecule has 5 heteroatoms. The van der Waals surface area contributed by atoms with Crippen LogP contribution in [0.5, 0.6) is 0 Å². The molecular formula is C19H23N3O2. The Labute approximate surface area is 142 Å². The molecule has 2 rings (SSSR count). The van der Waals surface area contributed by atoms with Crippen molar-refractivity contribution in [3.05, 3.63) is 60.2 Å². The van der Waals surface area contributed by atoms with Crippen LogP contribution in [0, 0.1) is 5.92 Å². The lowest BCUT2D eigenvalue weighted by Gasteiger charge is -2.14. The molecule has 0 bridgehead atoms. The fourth-order valence-electron chi connectivity index (χ4n) is 2.32. The van der Waals surface area contributed by atoms with Gasteiger partial charge < -0.3 is 16.4 Å². The van der Waals surface area contributed by atoms with E-state index in [1.807, 2.05) is 32.0 Å². The second-order valence-electron chi connectivity index (χ2n) is 6.13. The molecule has 0 fully saturated rings. The minimum atomic E-state index is -0.549. The summed E-state index contributed by atoms with van der Waals surface area (Å²) < 4.78 is 0. The van der Waals surface area contributed by atoms with E-state index in [4.69, 9.17) is 5.73 Å². The van der Waals surface area contributed by atoms with Crippen LogP contribution in [0.1, 0.15) is 30.6 Å². The summed E-state index contributed by atoms with van der Waals surface area (Å²) in [5.41, 5.74) is 7.67. The quantitative estimate of drug-likeness (QED) is 0.762. The molecule has 0 spiro atoms. The molecule has 0 heterocycles. The maximum absolute atomic E-state index is 12.2. The van der Waals surface area contributed by atoms with Crippen molar-refractivity contribution in [2.45, 2.75) is 26.3 Å². The highest BCUT2D eigenvalue weighted by Crippen LogP contribution is 2.17. The van der Waals surface area contributed by atoms with Gasteiger partial charge in [-0.2, -0.15) is 0 Å². The number of anilines is 2. The summed E-state index contributed by atoms with van der Waals surface area (Å²) in [4.78, 5) is 24.2. The highest BCUT2D eigenvalue weighted by molar-refractivity contribution is 6.04. The van der Waals surface area contributed by atoms with Gasteiger partial charge >= 0.3 is 0 Å². The van der Waals surface area contributed by atoms with E-state index in [-0.39, 0.29) is 11.8 Å². The monoisotopic (exact) mass is 325 g/mol. The average molecular weight is 325 g/mol. The van der Waals surface area contributed by atoms with Crippen LogP contribution in [0.4, 0.5) is 11.4 Å². The van der Waals surface area contributed by atoms with Crippen molar-refractivity contribution < 1.29 is 9.59 Å². The summed E-state index contributed by atoms with van der Waals surface area (Å²) in [7, 11) is 0. The Bertz CT molecular complexity index is 699. The summed E-state index contributed by atoms with van der Waals surface area (Å²) in [6.45, 7) is 4.04. The zero-order chi connectivity index (χ0) is 17.5. The van der Waals surface area contributed by atoms with E-state index in [2.05, 4.69) is 10.6 Å². The molecule has 0 unspecified atom stereocenters. The van der Waals surface area contributed by atoms with Gasteiger partial charge in [-0.05, 0) is 42.7 Å². The van der Waals surface area contributed by atoms with Crippen molar-refractivity contribution in [1.82, 2.24) is 0 Å². The van der Waals surface area contributed by atoms with Gasteiger partial charge in [0.25, 0.3) is 5.91 Å². The van der Waals surface area contributed by atoms with Crippen LogP contribution >= 0.6 is 0 Å². The van der Waals surface area contributed by atoms with Crippen LogP contribution in [0.3, 0.4) is 0 Å². The molecule has 2 aromatic rings. The van der Waals surface area contributed by atoms with Gasteiger partial charge in [-0.15, -0.1) is 0 Å². The van der Waals surface area contributed by atoms with Crippen molar-refractivity contribution in [3.63, 3.8) is 0 Å². The Hall–Kier alpha value is -2.66. The molecule has 0 saturated carbocycles. The van der Waals surface area contributed by atoms with E-state index in [1.54, 1.807) is 36.4 Å². The summed E-state index contributed by atoms with van der Waals surface area (Å²) >= 11 is 0. The maximum atomic E-state index is 12.2. The molecule has 2 aromatic carbocycles. The molecule has 24 heavy (non-hydrogen) atoms. The summed E-state index contributed by atoms with van der Waals surface area (Å²) in [5, 5.41) is 5.60. The van der Waals surface area contributed by atoms with E-state index >= 15 is 0 Å². The number of amides is 2. The second-order valence-corrected chi connectivity index (χ2v) is 6.13. The third-order valence-corrected chi connectivity index (χ3v) is 3.49. The first-order valence-electron chi connectivity index (χ1n) is 7.98. The molecule has 0 radical (unpaired) electrons. The van der Waals surface area contributed by atoms with Crippen LogP contribution in [0.15, 0.2) is 54.6 Å². The molecule has 0 aliphatic heterocycles. The van der Waals surface area contributed by atoms with Gasteiger partial charge in [0.05, 0.1) is 6.04 Å². The Morgan fingerprint density at radius 1 is 0.958 bits per heavy atom. The van der Waals surface area contributed by atoms with Gasteiger partial charge in [-0.25, -0.2) is 0 Å². The molecule has 2 amide bonds. The Morgan fingerprint density at radius 2 is 1.58 bits per heavy atom. The number of carbonyl (C=O) groups excluding carboxylic acids is 2. The Morgan fingerprint density at radius 3 is 2.21 bits per heavy atom. The number of rotatable bonds is 6. The van der Waals surface area contributed by atoms with E-state index in [1.165, 1.54) is 0 Å². The van der Waals surface area contributed by atoms with Crippen molar-refractivity contribution >= 4 is 23.2 Å². The van der Waals surface area contributed by atoms with Gasteiger partial charge in [0, 0.05) is 16.9 Å². The minimum Gasteiger partial charge on any atom is -0.325 e. The third kappa shape index (κ3) is 5.21. The smallest absolute Gasteiger partial charge is 0.255 e. The van der Waals surface area contributed by atoms with Crippen LogP contribution in [0.25, 0.3) is 0 Å². The number of nitrogens with one attached hydrogen (secondary N) is 2. The zero-order valence-electron chi connectivity index (χ0n) is 14.0. The lowest BCUT2D eigenvalue weighted by molar-refractivity contribution is -0.117. The topological polar surface area (TPSA) is 84.2 Å². The average Bonchev–Trinajstić information content (AvgIpc) is 2.55. The molecule has 126 valence electrons. The van der Waals surface area contributed by atoms with Crippen molar-refractivity contribution in [1.29, 1.82) is 0 Å². The predicted molar refractivity (Wildman–Crippen MR) is 96.9 cm³/mol. The second kappa shape index (κ2) is 8.26. The largest absolute Gasteiger partial charge is 0.325 e. The Balaban J connectivity index is 2.01. The van der Waals surface area contributed by atoms with E-state index in [0.29, 0.717) is 29.3 Å². The van der Waals surface area contributed by atoms with Crippen molar-refractivity contribution in [2.24, 2.45) is 11.7 Å². The van der Waals surface area contributed by atoms with Crippen molar-refractivity contribution in [3.8, 4) is 0 Å². The first-order valence-corrected chi connectivity index (χ1v) is 7.98. The summed E-state index contributed by atoms with van der Waals surface area (Å²) in [6, 6.07) is 15.4. The van der Waals surface area contributed by atoms with Gasteiger partial charge in [0.2, 0.25) is 5.91 Å². The molecule has 5 nitrogen and oxygen atoms in total. The number of hydrogen-bond donors (Lipinski definition) is 3. The molecule has 0 saturated heterocycles. The van der Waals surface area contributed by atoms with Crippen LogP contribution in [0.2, 0.25) is 0 Å². The molecular weight excluding hydrogens is 302 g/mol. The highest BCUT2D eigenvalue weighted by Gasteiger charge is 2.15. The van der Waals surface area contributed by atoms with Gasteiger partial charge in [-0.1, -0.05) is 38.1 Å². The number of hydrogen-bond acceptors (Lipinski definition) is 3. The first-order chi connectivity index (χ1) is 11.5. The van der Waals surface area contributed by atoms with Gasteiger partial charge in [0.1, 0.15) is 0 Å². The first kappa shape index (κ1) is 17.7. The van der Waals surface area contributed by atoms with Gasteiger partial charge in [-0.3, -0.25) is 9.59 Å². The van der Waals surface area contributed by atoms with Crippen LogP contribution in [-0.2, 0) is 4.79 Å². The summed E-state index contributed by atoms with van der Waals surface area (Å²) in [6.07, 6.45) is 0.621. The number of nitrogens with two attached hydrogens (primary N) is 1. The van der Waals surface area contributed by atoms with E-state index in [0.717, 1.165) is 0 Å². The van der Waals surface area contributed by atoms with Crippen LogP contribution < -0.4 is 16.4 Å². The Kier molecular flexibility index (Phi) is 6.09. The number of benzene rings is 2. The lowest BCUT2D eigenvalue weighted by atomic mass is 10.0. The molecule has 0 aliphatic carbocycles. The zero-order valence-corrected chi connectivity index (χ0v) is 14.0. The third-order valence-electron chi connectivity index (χ3n) is 3.49. The van der Waals surface area contributed by atoms with E-state index in [9.17, 15) is 9.59 Å². The molecule has 0 aliphatic rings.